The van der Waals surface area contributed by atoms with E-state index in [4.69, 9.17) is 0 Å². The minimum Gasteiger partial charge on any atom is -1.00 e. The maximum Gasteiger partial charge on any atom is -1.00 e. The van der Waals surface area contributed by atoms with Gasteiger partial charge >= 0.3 is 80.0 Å². The molecule has 2 nitrogen and oxygen atoms in total. The molecule has 0 spiro atoms. The molecule has 0 radical (unpaired) electrons. The van der Waals surface area contributed by atoms with Crippen molar-refractivity contribution < 1.29 is 12.4 Å². The van der Waals surface area contributed by atoms with Crippen LogP contribution in [0.25, 0.3) is 10.1 Å². The zero-order chi connectivity index (χ0) is 8.55. The van der Waals surface area contributed by atoms with Crippen LogP contribution in [0.1, 0.15) is 0 Å². The SMILES string of the molecule is C[N+](C)=c1ccc2ns[se]c-2c1.[Cl-]. The van der Waals surface area contributed by atoms with Gasteiger partial charge in [-0.25, -0.2) is 0 Å². The molecule has 13 heavy (non-hydrogen) atoms. The molecule has 0 amide bonds. The number of aromatic nitrogens is 1. The molecule has 0 saturated carbocycles. The first-order valence-electron chi connectivity index (χ1n) is 3.63. The van der Waals surface area contributed by atoms with E-state index in [2.05, 4.69) is 41.2 Å². The van der Waals surface area contributed by atoms with Crippen molar-refractivity contribution in [1.82, 2.24) is 8.95 Å². The average molecular weight is 280 g/mol. The van der Waals surface area contributed by atoms with Crippen molar-refractivity contribution in [2.75, 3.05) is 14.1 Å². The van der Waals surface area contributed by atoms with Gasteiger partial charge in [-0.15, -0.1) is 0 Å². The first-order chi connectivity index (χ1) is 5.77. The van der Waals surface area contributed by atoms with Crippen LogP contribution in [0.3, 0.4) is 0 Å². The number of nitrogens with zero attached hydrogens (tertiary/aromatic N) is 2. The van der Waals surface area contributed by atoms with Gasteiger partial charge in [-0.3, -0.25) is 0 Å². The molecule has 0 aromatic carbocycles. The Hall–Kier alpha value is -0.151. The predicted molar refractivity (Wildman–Crippen MR) is 52.8 cm³/mol. The van der Waals surface area contributed by atoms with E-state index in [0.717, 1.165) is 0 Å². The van der Waals surface area contributed by atoms with Crippen LogP contribution in [0.2, 0.25) is 0 Å². The topological polar surface area (TPSA) is 15.9 Å². The number of fused-ring (bicyclic) bond motifs is 1. The van der Waals surface area contributed by atoms with Crippen molar-refractivity contribution >= 4 is 23.3 Å². The summed E-state index contributed by atoms with van der Waals surface area (Å²) in [4.78, 5) is 0. The third-order valence-corrected chi connectivity index (χ3v) is 5.00. The molecule has 0 fully saturated rings. The Morgan fingerprint density at radius 3 is 2.85 bits per heavy atom. The first kappa shape index (κ1) is 10.9. The molecular formula is C8H9ClN2SSe. The van der Waals surface area contributed by atoms with E-state index in [1.54, 1.807) is 9.91 Å². The molecule has 5 heteroatoms. The second-order valence-electron chi connectivity index (χ2n) is 2.80. The Morgan fingerprint density at radius 1 is 1.38 bits per heavy atom. The molecule has 1 aliphatic carbocycles. The maximum atomic E-state index is 4.33. The van der Waals surface area contributed by atoms with Gasteiger partial charge in [-0.1, -0.05) is 0 Å². The second kappa shape index (κ2) is 4.38. The van der Waals surface area contributed by atoms with E-state index in [1.165, 1.54) is 15.5 Å². The van der Waals surface area contributed by atoms with Gasteiger partial charge in [0, 0.05) is 0 Å². The standard InChI is InChI=1S/C8H9N2SSe.ClH/c1-10(2)6-3-4-7-8(5-6)12-11-9-7;/h3-5H,1-2H3;1H/q+1;/p-1. The van der Waals surface area contributed by atoms with Crippen molar-refractivity contribution in [1.29, 1.82) is 0 Å². The van der Waals surface area contributed by atoms with E-state index < -0.39 is 0 Å². The Morgan fingerprint density at radius 2 is 2.15 bits per heavy atom. The van der Waals surface area contributed by atoms with E-state index in [0.29, 0.717) is 13.3 Å². The summed E-state index contributed by atoms with van der Waals surface area (Å²) >= 11 is 0.501. The van der Waals surface area contributed by atoms with Gasteiger partial charge in [0.1, 0.15) is 0 Å². The van der Waals surface area contributed by atoms with Gasteiger partial charge in [0.2, 0.25) is 0 Å². The molecule has 0 atom stereocenters. The van der Waals surface area contributed by atoms with E-state index in [1.807, 2.05) is 0 Å². The Balaban J connectivity index is 0.000000845. The first-order valence-corrected chi connectivity index (χ1v) is 7.29. The third kappa shape index (κ3) is 2.20. The fourth-order valence-electron chi connectivity index (χ4n) is 1.02. The van der Waals surface area contributed by atoms with Gasteiger partial charge < -0.3 is 12.4 Å². The van der Waals surface area contributed by atoms with Crippen molar-refractivity contribution in [2.24, 2.45) is 0 Å². The fraction of sp³-hybridized carbons (Fsp3) is 0.250. The summed E-state index contributed by atoms with van der Waals surface area (Å²) in [5.41, 5.74) is 1.17. The molecule has 2 aliphatic rings. The summed E-state index contributed by atoms with van der Waals surface area (Å²) in [6.07, 6.45) is 0. The molecule has 0 N–H and O–H groups in total. The number of benzene rings is 1. The third-order valence-electron chi connectivity index (χ3n) is 1.72. The van der Waals surface area contributed by atoms with Crippen LogP contribution in [0.15, 0.2) is 18.2 Å². The Kier molecular flexibility index (Phi) is 3.68. The molecule has 0 aromatic rings. The van der Waals surface area contributed by atoms with Crippen LogP contribution in [0.4, 0.5) is 0 Å². The summed E-state index contributed by atoms with van der Waals surface area (Å²) in [7, 11) is 5.82. The molecule has 70 valence electrons. The minimum absolute atomic E-state index is 0. The van der Waals surface area contributed by atoms with Crippen LogP contribution < -0.4 is 22.3 Å². The second-order valence-corrected chi connectivity index (χ2v) is 6.20. The monoisotopic (exact) mass is 280 g/mol. The normalized spacial score (nSPS) is 9.69. The van der Waals surface area contributed by atoms with Gasteiger partial charge in [0.05, 0.1) is 0 Å². The Labute approximate surface area is 92.3 Å². The van der Waals surface area contributed by atoms with Crippen LogP contribution >= 0.6 is 9.91 Å². The van der Waals surface area contributed by atoms with Gasteiger partial charge in [0.25, 0.3) is 0 Å². The van der Waals surface area contributed by atoms with Crippen LogP contribution in [-0.4, -0.2) is 31.8 Å². The predicted octanol–water partition coefficient (Wildman–Crippen LogP) is -2.66. The summed E-state index contributed by atoms with van der Waals surface area (Å²) in [5, 5.41) is 1.27. The van der Waals surface area contributed by atoms with E-state index in [-0.39, 0.29) is 12.4 Å². The van der Waals surface area contributed by atoms with E-state index in [9.17, 15) is 0 Å². The van der Waals surface area contributed by atoms with Crippen molar-refractivity contribution in [2.45, 2.75) is 0 Å². The number of hydrogen-bond donors (Lipinski definition) is 0. The summed E-state index contributed by atoms with van der Waals surface area (Å²) in [5.74, 6) is 0. The molecule has 1 aliphatic heterocycles. The van der Waals surface area contributed by atoms with Crippen molar-refractivity contribution in [3.8, 4) is 10.1 Å². The average Bonchev–Trinajstić information content (AvgIpc) is 2.49. The molecule has 2 rings (SSSR count). The largest absolute Gasteiger partial charge is 1.00 e. The summed E-state index contributed by atoms with van der Waals surface area (Å²) in [6.45, 7) is 0. The molecule has 0 bridgehead atoms. The van der Waals surface area contributed by atoms with Gasteiger partial charge in [-0.2, -0.15) is 0 Å². The maximum absolute atomic E-state index is 4.33. The molecule has 0 aromatic heterocycles. The number of hydrogen-bond acceptors (Lipinski definition) is 2. The van der Waals surface area contributed by atoms with E-state index >= 15 is 0 Å². The number of rotatable bonds is 0. The minimum atomic E-state index is 0. The number of halogens is 1. The van der Waals surface area contributed by atoms with Crippen molar-refractivity contribution in [3.63, 3.8) is 0 Å². The van der Waals surface area contributed by atoms with Gasteiger partial charge in [-0.05, 0) is 0 Å². The van der Waals surface area contributed by atoms with Crippen LogP contribution in [-0.2, 0) is 0 Å². The molecule has 1 heterocycles. The fourth-order valence-corrected chi connectivity index (χ4v) is 4.22. The zero-order valence-electron chi connectivity index (χ0n) is 7.32. The van der Waals surface area contributed by atoms with Crippen molar-refractivity contribution in [3.05, 3.63) is 23.6 Å². The zero-order valence-corrected chi connectivity index (χ0v) is 10.6. The summed E-state index contributed by atoms with van der Waals surface area (Å²) < 4.78 is 7.87. The summed E-state index contributed by atoms with van der Waals surface area (Å²) in [6, 6.07) is 6.45. The van der Waals surface area contributed by atoms with Gasteiger partial charge in [0.15, 0.2) is 0 Å². The molecular weight excluding hydrogens is 271 g/mol. The molecule has 0 unspecified atom stereocenters. The van der Waals surface area contributed by atoms with Crippen LogP contribution in [0, 0.1) is 0 Å². The smallest absolute Gasteiger partial charge is 1.00 e. The van der Waals surface area contributed by atoms with Crippen LogP contribution in [0.5, 0.6) is 0 Å². The Bertz CT molecular complexity index is 430. The quantitative estimate of drug-likeness (QED) is 0.380. The molecule has 0 saturated heterocycles.